The molecule has 0 spiro atoms. The normalized spacial score (nSPS) is 9.83. The van der Waals surface area contributed by atoms with Crippen molar-refractivity contribution in [2.45, 2.75) is 6.42 Å². The molecule has 1 heterocycles. The maximum atomic E-state index is 13.5. The van der Waals surface area contributed by atoms with Crippen LogP contribution in [0.3, 0.4) is 0 Å². The van der Waals surface area contributed by atoms with Gasteiger partial charge in [0.1, 0.15) is 0 Å². The summed E-state index contributed by atoms with van der Waals surface area (Å²) >= 11 is 5.61. The molecule has 0 bridgehead atoms. The van der Waals surface area contributed by atoms with Gasteiger partial charge in [-0.05, 0) is 23.8 Å². The first-order valence-corrected chi connectivity index (χ1v) is 5.61. The van der Waals surface area contributed by atoms with E-state index in [4.69, 9.17) is 16.9 Å². The minimum Gasteiger partial charge on any atom is -0.338 e. The number of benzene rings is 1. The van der Waals surface area contributed by atoms with Crippen LogP contribution in [0.2, 0.25) is 5.02 Å². The second-order valence-electron chi connectivity index (χ2n) is 3.64. The predicted octanol–water partition coefficient (Wildman–Crippen LogP) is 3.68. The van der Waals surface area contributed by atoms with Crippen LogP contribution in [-0.2, 0) is 6.42 Å². The zero-order valence-corrected chi connectivity index (χ0v) is 10.1. The van der Waals surface area contributed by atoms with Crippen LogP contribution in [0.1, 0.15) is 5.56 Å². The lowest BCUT2D eigenvalue weighted by Crippen LogP contribution is -1.97. The first-order chi connectivity index (χ1) is 8.69. The third-order valence-electron chi connectivity index (χ3n) is 2.31. The van der Waals surface area contributed by atoms with Gasteiger partial charge in [0, 0.05) is 11.9 Å². The third kappa shape index (κ3) is 2.96. The van der Waals surface area contributed by atoms with Gasteiger partial charge >= 0.3 is 0 Å². The van der Waals surface area contributed by atoms with E-state index in [9.17, 15) is 4.39 Å². The number of pyridine rings is 1. The Morgan fingerprint density at radius 3 is 2.67 bits per heavy atom. The minimum atomic E-state index is -0.511. The van der Waals surface area contributed by atoms with Gasteiger partial charge in [-0.3, -0.25) is 0 Å². The van der Waals surface area contributed by atoms with E-state index < -0.39 is 5.82 Å². The molecule has 3 nitrogen and oxygen atoms in total. The molecule has 2 rings (SSSR count). The number of nitriles is 1. The van der Waals surface area contributed by atoms with E-state index in [1.165, 1.54) is 12.3 Å². The second kappa shape index (κ2) is 5.48. The number of nitrogens with one attached hydrogen (secondary N) is 1. The highest BCUT2D eigenvalue weighted by Gasteiger charge is 2.04. The van der Waals surface area contributed by atoms with Gasteiger partial charge in [-0.15, -0.1) is 0 Å². The molecule has 0 aliphatic heterocycles. The lowest BCUT2D eigenvalue weighted by Gasteiger charge is -2.07. The molecule has 0 aliphatic carbocycles. The molecule has 0 radical (unpaired) electrons. The maximum absolute atomic E-state index is 13.5. The Morgan fingerprint density at radius 1 is 1.33 bits per heavy atom. The van der Waals surface area contributed by atoms with Gasteiger partial charge < -0.3 is 5.32 Å². The summed E-state index contributed by atoms with van der Waals surface area (Å²) in [6, 6.07) is 10.4. The summed E-state index contributed by atoms with van der Waals surface area (Å²) in [5.74, 6) is -0.393. The zero-order valence-electron chi connectivity index (χ0n) is 9.32. The van der Waals surface area contributed by atoms with E-state index in [-0.39, 0.29) is 10.8 Å². The molecule has 0 amide bonds. The topological polar surface area (TPSA) is 48.7 Å². The Kier molecular flexibility index (Phi) is 3.75. The van der Waals surface area contributed by atoms with E-state index in [0.717, 1.165) is 5.56 Å². The Morgan fingerprint density at radius 2 is 2.06 bits per heavy atom. The average Bonchev–Trinajstić information content (AvgIpc) is 2.35. The van der Waals surface area contributed by atoms with Crippen LogP contribution in [0.5, 0.6) is 0 Å². The molecule has 0 atom stereocenters. The molecule has 90 valence electrons. The van der Waals surface area contributed by atoms with Crippen molar-refractivity contribution in [3.63, 3.8) is 0 Å². The summed E-state index contributed by atoms with van der Waals surface area (Å²) in [7, 11) is 0. The maximum Gasteiger partial charge on any atom is 0.167 e. The fourth-order valence-corrected chi connectivity index (χ4v) is 1.59. The van der Waals surface area contributed by atoms with E-state index in [1.54, 1.807) is 24.3 Å². The molecular formula is C13H9ClFN3. The predicted molar refractivity (Wildman–Crippen MR) is 68.2 cm³/mol. The smallest absolute Gasteiger partial charge is 0.167 e. The van der Waals surface area contributed by atoms with Crippen LogP contribution in [0.15, 0.2) is 36.5 Å². The largest absolute Gasteiger partial charge is 0.338 e. The summed E-state index contributed by atoms with van der Waals surface area (Å²) in [4.78, 5) is 3.86. The molecule has 1 N–H and O–H groups in total. The van der Waals surface area contributed by atoms with Crippen molar-refractivity contribution in [3.8, 4) is 6.07 Å². The van der Waals surface area contributed by atoms with E-state index in [2.05, 4.69) is 16.4 Å². The van der Waals surface area contributed by atoms with Crippen molar-refractivity contribution >= 4 is 23.1 Å². The van der Waals surface area contributed by atoms with Gasteiger partial charge in [0.25, 0.3) is 0 Å². The first kappa shape index (κ1) is 12.3. The third-order valence-corrected chi connectivity index (χ3v) is 2.51. The molecule has 5 heteroatoms. The molecule has 1 aromatic heterocycles. The fourth-order valence-electron chi connectivity index (χ4n) is 1.44. The quantitative estimate of drug-likeness (QED) is 0.917. The highest BCUT2D eigenvalue weighted by molar-refractivity contribution is 6.30. The lowest BCUT2D eigenvalue weighted by atomic mass is 10.1. The summed E-state index contributed by atoms with van der Waals surface area (Å²) in [5.41, 5.74) is 1.61. The van der Waals surface area contributed by atoms with E-state index >= 15 is 0 Å². The molecule has 0 aliphatic rings. The van der Waals surface area contributed by atoms with Crippen LogP contribution in [-0.4, -0.2) is 4.98 Å². The van der Waals surface area contributed by atoms with Gasteiger partial charge in [-0.25, -0.2) is 9.37 Å². The Labute approximate surface area is 109 Å². The van der Waals surface area contributed by atoms with Crippen molar-refractivity contribution in [2.75, 3.05) is 5.32 Å². The van der Waals surface area contributed by atoms with Crippen LogP contribution < -0.4 is 5.32 Å². The Bertz CT molecular complexity index is 590. The van der Waals surface area contributed by atoms with Gasteiger partial charge in [-0.1, -0.05) is 23.7 Å². The van der Waals surface area contributed by atoms with Crippen molar-refractivity contribution in [1.82, 2.24) is 4.98 Å². The molecule has 18 heavy (non-hydrogen) atoms. The SMILES string of the molecule is N#CCc1ccc(Nc2ncc(Cl)cc2F)cc1. The van der Waals surface area contributed by atoms with Crippen molar-refractivity contribution in [2.24, 2.45) is 0 Å². The molecule has 0 saturated carbocycles. The summed E-state index contributed by atoms with van der Waals surface area (Å²) in [6.45, 7) is 0. The average molecular weight is 262 g/mol. The zero-order chi connectivity index (χ0) is 13.0. The molecule has 0 unspecified atom stereocenters. The number of halogens is 2. The minimum absolute atomic E-state index is 0.118. The molecule has 1 aromatic carbocycles. The van der Waals surface area contributed by atoms with Crippen LogP contribution in [0.25, 0.3) is 0 Å². The number of rotatable bonds is 3. The highest BCUT2D eigenvalue weighted by Crippen LogP contribution is 2.20. The van der Waals surface area contributed by atoms with E-state index in [1.807, 2.05) is 0 Å². The van der Waals surface area contributed by atoms with Crippen LogP contribution in [0.4, 0.5) is 15.9 Å². The van der Waals surface area contributed by atoms with Crippen molar-refractivity contribution in [1.29, 1.82) is 5.26 Å². The number of anilines is 2. The Balaban J connectivity index is 2.16. The Hall–Kier alpha value is -2.12. The monoisotopic (exact) mass is 261 g/mol. The second-order valence-corrected chi connectivity index (χ2v) is 4.08. The van der Waals surface area contributed by atoms with Gasteiger partial charge in [0.2, 0.25) is 0 Å². The van der Waals surface area contributed by atoms with Crippen molar-refractivity contribution in [3.05, 3.63) is 52.9 Å². The summed E-state index contributed by atoms with van der Waals surface area (Å²) < 4.78 is 13.5. The van der Waals surface area contributed by atoms with Crippen LogP contribution >= 0.6 is 11.6 Å². The number of hydrogen-bond acceptors (Lipinski definition) is 3. The number of aromatic nitrogens is 1. The van der Waals surface area contributed by atoms with Crippen LogP contribution in [0, 0.1) is 17.1 Å². The fraction of sp³-hybridized carbons (Fsp3) is 0.0769. The molecule has 2 aromatic rings. The molecular weight excluding hydrogens is 253 g/mol. The summed E-state index contributed by atoms with van der Waals surface area (Å²) in [6.07, 6.45) is 1.73. The highest BCUT2D eigenvalue weighted by atomic mass is 35.5. The molecule has 0 fully saturated rings. The molecule has 0 saturated heterocycles. The lowest BCUT2D eigenvalue weighted by molar-refractivity contribution is 0.626. The van der Waals surface area contributed by atoms with Gasteiger partial charge in [0.05, 0.1) is 17.5 Å². The number of nitrogens with zero attached hydrogens (tertiary/aromatic N) is 2. The first-order valence-electron chi connectivity index (χ1n) is 5.23. The van der Waals surface area contributed by atoms with E-state index in [0.29, 0.717) is 12.1 Å². The summed E-state index contributed by atoms with van der Waals surface area (Å²) in [5, 5.41) is 11.6. The van der Waals surface area contributed by atoms with Gasteiger partial charge in [-0.2, -0.15) is 5.26 Å². The number of hydrogen-bond donors (Lipinski definition) is 1. The van der Waals surface area contributed by atoms with Gasteiger partial charge in [0.15, 0.2) is 11.6 Å². The standard InChI is InChI=1S/C13H9ClFN3/c14-10-7-12(15)13(17-8-10)18-11-3-1-9(2-4-11)5-6-16/h1-4,7-8H,5H2,(H,17,18). The van der Waals surface area contributed by atoms with Crippen molar-refractivity contribution < 1.29 is 4.39 Å².